The molecule has 0 fully saturated rings. The number of halogens is 1. The first-order chi connectivity index (χ1) is 5.25. The zero-order chi connectivity index (χ0) is 9.94. The van der Waals surface area contributed by atoms with Crippen LogP contribution >= 0.6 is 11.6 Å². The van der Waals surface area contributed by atoms with E-state index in [1.165, 1.54) is 0 Å². The van der Waals surface area contributed by atoms with E-state index in [-0.39, 0.29) is 18.1 Å². The Morgan fingerprint density at radius 3 is 2.15 bits per heavy atom. The lowest BCUT2D eigenvalue weighted by Gasteiger charge is -2.25. The Balaban J connectivity index is 0. The van der Waals surface area contributed by atoms with Crippen LogP contribution in [0.3, 0.4) is 0 Å². The lowest BCUT2D eigenvalue weighted by Crippen LogP contribution is -2.44. The number of alkyl halides is 1. The van der Waals surface area contributed by atoms with Gasteiger partial charge in [0.2, 0.25) is 5.91 Å². The number of nitrogens with one attached hydrogen (secondary N) is 1. The number of hydrogen-bond acceptors (Lipinski definition) is 2. The van der Waals surface area contributed by atoms with E-state index in [9.17, 15) is 4.79 Å². The molecule has 3 nitrogen and oxygen atoms in total. The molecule has 0 aliphatic rings. The van der Waals surface area contributed by atoms with Crippen LogP contribution in [-0.4, -0.2) is 16.8 Å². The normalized spacial score (nSPS) is 12.7. The van der Waals surface area contributed by atoms with Gasteiger partial charge in [-0.15, -0.1) is 11.6 Å². The van der Waals surface area contributed by atoms with Crippen LogP contribution < -0.4 is 11.5 Å². The second-order valence-electron chi connectivity index (χ2n) is 3.54. The van der Waals surface area contributed by atoms with Crippen molar-refractivity contribution in [1.82, 2.24) is 11.5 Å². The van der Waals surface area contributed by atoms with Gasteiger partial charge in [0.15, 0.2) is 0 Å². The Hall–Kier alpha value is -0.540. The molecular weight excluding hydrogens is 188 g/mol. The molecule has 0 saturated carbocycles. The monoisotopic (exact) mass is 206 g/mol. The molecule has 0 rings (SSSR count). The van der Waals surface area contributed by atoms with Gasteiger partial charge in [0.05, 0.1) is 4.87 Å². The number of hydrogen-bond donors (Lipinski definition) is 2. The fraction of sp³-hybridized carbons (Fsp3) is 0.667. The molecule has 13 heavy (non-hydrogen) atoms. The van der Waals surface area contributed by atoms with Gasteiger partial charge in [0.25, 0.3) is 0 Å². The smallest absolute Gasteiger partial charge is 0.246 e. The fourth-order valence-corrected chi connectivity index (χ4v) is 0.546. The van der Waals surface area contributed by atoms with Crippen LogP contribution in [0.2, 0.25) is 0 Å². The third-order valence-corrected chi connectivity index (χ3v) is 2.09. The van der Waals surface area contributed by atoms with E-state index >= 15 is 0 Å². The topological polar surface area (TPSA) is 64.1 Å². The van der Waals surface area contributed by atoms with Crippen molar-refractivity contribution in [3.8, 4) is 0 Å². The second kappa shape index (κ2) is 5.25. The highest BCUT2D eigenvalue weighted by Gasteiger charge is 2.23. The van der Waals surface area contributed by atoms with Gasteiger partial charge in [0, 0.05) is 11.6 Å². The molecule has 0 aliphatic carbocycles. The molecule has 0 aliphatic heterocycles. The van der Waals surface area contributed by atoms with Crippen LogP contribution in [0.15, 0.2) is 12.2 Å². The highest BCUT2D eigenvalue weighted by atomic mass is 35.5. The van der Waals surface area contributed by atoms with E-state index in [0.29, 0.717) is 5.57 Å². The summed E-state index contributed by atoms with van der Waals surface area (Å²) >= 11 is 5.99. The van der Waals surface area contributed by atoms with E-state index in [0.717, 1.165) is 0 Å². The molecule has 0 saturated heterocycles. The molecule has 4 heteroatoms. The van der Waals surface area contributed by atoms with Crippen molar-refractivity contribution in [1.29, 1.82) is 0 Å². The maximum atomic E-state index is 11.1. The van der Waals surface area contributed by atoms with E-state index in [1.807, 2.05) is 20.8 Å². The molecule has 0 heterocycles. The minimum atomic E-state index is -0.425. The van der Waals surface area contributed by atoms with Crippen molar-refractivity contribution in [3.05, 3.63) is 12.2 Å². The van der Waals surface area contributed by atoms with Crippen molar-refractivity contribution in [3.63, 3.8) is 0 Å². The first kappa shape index (κ1) is 15.0. The Labute approximate surface area is 85.1 Å². The Morgan fingerprint density at radius 2 is 1.92 bits per heavy atom. The summed E-state index contributed by atoms with van der Waals surface area (Å²) in [6.45, 7) is 10.8. The van der Waals surface area contributed by atoms with Crippen molar-refractivity contribution >= 4 is 17.5 Å². The molecule has 0 aromatic heterocycles. The van der Waals surface area contributed by atoms with Crippen molar-refractivity contribution in [2.75, 3.05) is 0 Å². The van der Waals surface area contributed by atoms with E-state index < -0.39 is 4.87 Å². The summed E-state index contributed by atoms with van der Waals surface area (Å²) in [7, 11) is 0. The maximum Gasteiger partial charge on any atom is 0.246 e. The lowest BCUT2D eigenvalue weighted by atomic mass is 10.1. The van der Waals surface area contributed by atoms with Crippen LogP contribution in [0.1, 0.15) is 27.7 Å². The molecule has 4 N–H and O–H groups in total. The summed E-state index contributed by atoms with van der Waals surface area (Å²) in [4.78, 5) is 10.7. The Kier molecular flexibility index (Phi) is 6.04. The quantitative estimate of drug-likeness (QED) is 0.550. The summed E-state index contributed by atoms with van der Waals surface area (Å²) in [6, 6.07) is -0.0663. The molecule has 0 aromatic carbocycles. The average Bonchev–Trinajstić information content (AvgIpc) is 1.85. The van der Waals surface area contributed by atoms with Gasteiger partial charge in [-0.2, -0.15) is 0 Å². The number of carbonyl (C=O) groups excluding carboxylic acids is 1. The SMILES string of the molecule is C=C(C)C(=O)NC(C)C(C)(C)Cl.N. The van der Waals surface area contributed by atoms with E-state index in [4.69, 9.17) is 11.6 Å². The molecule has 1 amide bonds. The van der Waals surface area contributed by atoms with Gasteiger partial charge in [-0.25, -0.2) is 0 Å². The average molecular weight is 207 g/mol. The van der Waals surface area contributed by atoms with E-state index in [2.05, 4.69) is 11.9 Å². The maximum absolute atomic E-state index is 11.1. The zero-order valence-corrected chi connectivity index (χ0v) is 9.53. The Bertz CT molecular complexity index is 196. The molecule has 1 unspecified atom stereocenters. The predicted octanol–water partition coefficient (Wildman–Crippen LogP) is 2.25. The van der Waals surface area contributed by atoms with Crippen LogP contribution in [0.5, 0.6) is 0 Å². The molecule has 0 bridgehead atoms. The van der Waals surface area contributed by atoms with Crippen molar-refractivity contribution in [2.24, 2.45) is 0 Å². The minimum absolute atomic E-state index is 0. The molecule has 78 valence electrons. The van der Waals surface area contributed by atoms with Crippen molar-refractivity contribution in [2.45, 2.75) is 38.6 Å². The minimum Gasteiger partial charge on any atom is -0.348 e. The summed E-state index contributed by atoms with van der Waals surface area (Å²) in [6.07, 6.45) is 0. The molecule has 0 radical (unpaired) electrons. The van der Waals surface area contributed by atoms with Crippen LogP contribution in [0.25, 0.3) is 0 Å². The molecule has 1 atom stereocenters. The molecule has 0 spiro atoms. The Morgan fingerprint density at radius 1 is 1.54 bits per heavy atom. The van der Waals surface area contributed by atoms with Crippen LogP contribution in [0, 0.1) is 0 Å². The van der Waals surface area contributed by atoms with Crippen LogP contribution in [0.4, 0.5) is 0 Å². The number of carbonyl (C=O) groups is 1. The third kappa shape index (κ3) is 5.66. The number of rotatable bonds is 3. The standard InChI is InChI=1S/C9H16ClNO.H3N/c1-6(2)8(12)11-7(3)9(4,5)10;/h7H,1H2,2-5H3,(H,11,12);1H3. The summed E-state index contributed by atoms with van der Waals surface area (Å²) in [5.41, 5.74) is 0.503. The highest BCUT2D eigenvalue weighted by molar-refractivity contribution is 6.24. The summed E-state index contributed by atoms with van der Waals surface area (Å²) in [5.74, 6) is -0.142. The van der Waals surface area contributed by atoms with Gasteiger partial charge < -0.3 is 11.5 Å². The van der Waals surface area contributed by atoms with Gasteiger partial charge in [-0.05, 0) is 27.7 Å². The second-order valence-corrected chi connectivity index (χ2v) is 4.51. The zero-order valence-electron chi connectivity index (χ0n) is 8.78. The summed E-state index contributed by atoms with van der Waals surface area (Å²) in [5, 5.41) is 2.75. The van der Waals surface area contributed by atoms with Gasteiger partial charge in [-0.1, -0.05) is 6.58 Å². The summed E-state index contributed by atoms with van der Waals surface area (Å²) < 4.78 is 0. The lowest BCUT2D eigenvalue weighted by molar-refractivity contribution is -0.118. The van der Waals surface area contributed by atoms with Gasteiger partial charge >= 0.3 is 0 Å². The first-order valence-corrected chi connectivity index (χ1v) is 4.28. The van der Waals surface area contributed by atoms with Crippen molar-refractivity contribution < 1.29 is 4.79 Å². The first-order valence-electron chi connectivity index (χ1n) is 3.90. The van der Waals surface area contributed by atoms with Gasteiger partial charge in [0.1, 0.15) is 0 Å². The predicted molar refractivity (Wildman–Crippen MR) is 57.4 cm³/mol. The third-order valence-electron chi connectivity index (χ3n) is 1.76. The highest BCUT2D eigenvalue weighted by Crippen LogP contribution is 2.17. The molecule has 0 aromatic rings. The van der Waals surface area contributed by atoms with Crippen LogP contribution in [-0.2, 0) is 4.79 Å². The van der Waals surface area contributed by atoms with E-state index in [1.54, 1.807) is 6.92 Å². The fourth-order valence-electron chi connectivity index (χ4n) is 0.491. The largest absolute Gasteiger partial charge is 0.348 e. The number of amides is 1. The van der Waals surface area contributed by atoms with Gasteiger partial charge in [-0.3, -0.25) is 4.79 Å². The molecular formula is C9H19ClN2O.